The Morgan fingerprint density at radius 2 is 1.91 bits per heavy atom. The number of fused-ring (bicyclic) bond motifs is 1. The molecule has 1 aliphatic rings. The molecule has 0 spiro atoms. The van der Waals surface area contributed by atoms with Crippen LogP contribution < -0.4 is 21.3 Å². The molecule has 10 nitrogen and oxygen atoms in total. The molecule has 5 N–H and O–H groups in total. The van der Waals surface area contributed by atoms with Crippen LogP contribution in [0.4, 0.5) is 0 Å². The molecule has 12 heteroatoms. The Morgan fingerprint density at radius 3 is 2.54 bits per heavy atom. The second-order valence-electron chi connectivity index (χ2n) is 8.77. The second kappa shape index (κ2) is 11.5. The second-order valence-corrected chi connectivity index (χ2v) is 9.61. The predicted molar refractivity (Wildman–Crippen MR) is 131 cm³/mol. The van der Waals surface area contributed by atoms with Gasteiger partial charge in [-0.15, -0.1) is 0 Å². The van der Waals surface area contributed by atoms with Gasteiger partial charge < -0.3 is 31.0 Å². The maximum absolute atomic E-state index is 12.8. The van der Waals surface area contributed by atoms with Crippen molar-refractivity contribution in [2.45, 2.75) is 38.8 Å². The van der Waals surface area contributed by atoms with Crippen molar-refractivity contribution in [2.75, 3.05) is 13.1 Å². The lowest BCUT2D eigenvalue weighted by atomic mass is 9.99. The van der Waals surface area contributed by atoms with Crippen molar-refractivity contribution < 1.29 is 24.0 Å². The van der Waals surface area contributed by atoms with E-state index in [9.17, 15) is 24.0 Å². The average molecular weight is 524 g/mol. The summed E-state index contributed by atoms with van der Waals surface area (Å²) in [5.41, 5.74) is 0.778. The van der Waals surface area contributed by atoms with Gasteiger partial charge in [0.15, 0.2) is 0 Å². The molecule has 188 valence electrons. The summed E-state index contributed by atoms with van der Waals surface area (Å²) in [7, 11) is 0. The monoisotopic (exact) mass is 523 g/mol. The summed E-state index contributed by atoms with van der Waals surface area (Å²) in [4.78, 5) is 63.7. The number of carbonyl (C=O) groups excluding carboxylic acids is 5. The van der Waals surface area contributed by atoms with E-state index in [2.05, 4.69) is 26.3 Å². The number of aldehydes is 1. The normalized spacial score (nSPS) is 17.1. The first-order valence-electron chi connectivity index (χ1n) is 11.2. The minimum absolute atomic E-state index is 0.143. The Labute approximate surface area is 211 Å². The number of carbonyl (C=O) groups is 5. The quantitative estimate of drug-likeness (QED) is 0.299. The lowest BCUT2D eigenvalue weighted by Gasteiger charge is -2.22. The van der Waals surface area contributed by atoms with Gasteiger partial charge in [0.1, 0.15) is 18.0 Å². The van der Waals surface area contributed by atoms with Crippen molar-refractivity contribution in [1.82, 2.24) is 26.3 Å². The summed E-state index contributed by atoms with van der Waals surface area (Å²) in [5.74, 6) is -2.43. The molecular formula is C23H27Cl2N5O5. The summed E-state index contributed by atoms with van der Waals surface area (Å²) >= 11 is 12.2. The van der Waals surface area contributed by atoms with Crippen molar-refractivity contribution >= 4 is 64.0 Å². The smallest absolute Gasteiger partial charge is 0.268 e. The molecule has 3 atom stereocenters. The summed E-state index contributed by atoms with van der Waals surface area (Å²) in [6.07, 6.45) is 1.36. The van der Waals surface area contributed by atoms with Gasteiger partial charge in [-0.3, -0.25) is 19.2 Å². The van der Waals surface area contributed by atoms with Crippen LogP contribution >= 0.6 is 23.2 Å². The number of aromatic amines is 1. The van der Waals surface area contributed by atoms with Crippen LogP contribution in [0.3, 0.4) is 0 Å². The summed E-state index contributed by atoms with van der Waals surface area (Å²) in [6, 6.07) is 3.00. The summed E-state index contributed by atoms with van der Waals surface area (Å²) < 4.78 is 0. The predicted octanol–water partition coefficient (Wildman–Crippen LogP) is 1.56. The molecule has 1 aromatic heterocycles. The number of amides is 4. The first-order valence-corrected chi connectivity index (χ1v) is 11.9. The largest absolute Gasteiger partial charge is 0.356 e. The van der Waals surface area contributed by atoms with E-state index < -0.39 is 29.8 Å². The van der Waals surface area contributed by atoms with Crippen molar-refractivity contribution in [3.8, 4) is 0 Å². The first kappa shape index (κ1) is 26.5. The SMILES string of the molecule is CC(C)C(NC(=O)c1cc2c(Cl)cc(Cl)cc2[nH]1)C(=O)NCC(=O)NC(C=O)CC1CCNC1=O. The zero-order valence-electron chi connectivity index (χ0n) is 19.2. The number of H-pyrrole nitrogens is 1. The van der Waals surface area contributed by atoms with E-state index in [4.69, 9.17) is 23.2 Å². The molecule has 4 amide bonds. The van der Waals surface area contributed by atoms with E-state index in [-0.39, 0.29) is 36.4 Å². The molecule has 0 aliphatic carbocycles. The fourth-order valence-corrected chi connectivity index (χ4v) is 4.44. The fraction of sp³-hybridized carbons (Fsp3) is 0.435. The maximum atomic E-state index is 12.8. The molecule has 3 rings (SSSR count). The van der Waals surface area contributed by atoms with E-state index >= 15 is 0 Å². The van der Waals surface area contributed by atoms with Gasteiger partial charge in [0.05, 0.1) is 17.6 Å². The van der Waals surface area contributed by atoms with E-state index in [1.807, 2.05) is 0 Å². The third-order valence-corrected chi connectivity index (χ3v) is 6.30. The molecule has 2 aromatic rings. The van der Waals surface area contributed by atoms with Crippen LogP contribution in [-0.2, 0) is 19.2 Å². The van der Waals surface area contributed by atoms with Gasteiger partial charge in [0, 0.05) is 28.4 Å². The van der Waals surface area contributed by atoms with Gasteiger partial charge in [-0.2, -0.15) is 0 Å². The van der Waals surface area contributed by atoms with Gasteiger partial charge in [-0.25, -0.2) is 0 Å². The first-order chi connectivity index (χ1) is 16.6. The average Bonchev–Trinajstić information content (AvgIpc) is 3.41. The molecule has 0 bridgehead atoms. The minimum atomic E-state index is -0.926. The number of hydrogen-bond donors (Lipinski definition) is 5. The van der Waals surface area contributed by atoms with Gasteiger partial charge in [-0.05, 0) is 37.0 Å². The standard InChI is InChI=1S/C23H27Cl2N5O5/c1-11(2)20(30-22(34)18-8-15-16(25)6-13(24)7-17(15)29-18)23(35)27-9-19(32)28-14(10-31)5-12-3-4-26-21(12)33/h6-8,10-12,14,20,29H,3-5,9H2,1-2H3,(H,26,33)(H,27,35)(H,28,32)(H,30,34). The number of halogens is 2. The number of aromatic nitrogens is 1. The molecule has 1 fully saturated rings. The van der Waals surface area contributed by atoms with E-state index in [1.165, 1.54) is 0 Å². The van der Waals surface area contributed by atoms with Gasteiger partial charge >= 0.3 is 0 Å². The lowest BCUT2D eigenvalue weighted by molar-refractivity contribution is -0.128. The highest BCUT2D eigenvalue weighted by molar-refractivity contribution is 6.38. The van der Waals surface area contributed by atoms with Crippen LogP contribution in [0.5, 0.6) is 0 Å². The number of rotatable bonds is 10. The van der Waals surface area contributed by atoms with E-state index in [0.717, 1.165) is 0 Å². The third-order valence-electron chi connectivity index (χ3n) is 5.77. The Morgan fingerprint density at radius 1 is 1.17 bits per heavy atom. The van der Waals surface area contributed by atoms with Crippen molar-refractivity contribution in [3.63, 3.8) is 0 Å². The van der Waals surface area contributed by atoms with Crippen LogP contribution in [0.15, 0.2) is 18.2 Å². The molecule has 35 heavy (non-hydrogen) atoms. The molecule has 0 saturated carbocycles. The third kappa shape index (κ3) is 6.73. The van der Waals surface area contributed by atoms with Crippen LogP contribution in [0.2, 0.25) is 10.0 Å². The molecule has 3 unspecified atom stereocenters. The fourth-order valence-electron chi connectivity index (χ4n) is 3.90. The number of hydrogen-bond acceptors (Lipinski definition) is 5. The Kier molecular flexibility index (Phi) is 8.74. The zero-order valence-corrected chi connectivity index (χ0v) is 20.8. The molecule has 2 heterocycles. The van der Waals surface area contributed by atoms with Crippen LogP contribution in [-0.4, -0.2) is 60.1 Å². The highest BCUT2D eigenvalue weighted by Gasteiger charge is 2.29. The number of benzene rings is 1. The van der Waals surface area contributed by atoms with Crippen molar-refractivity contribution in [2.24, 2.45) is 11.8 Å². The Hall–Kier alpha value is -3.11. The van der Waals surface area contributed by atoms with Crippen LogP contribution in [0.1, 0.15) is 37.2 Å². The van der Waals surface area contributed by atoms with E-state index in [1.54, 1.807) is 32.0 Å². The van der Waals surface area contributed by atoms with Gasteiger partial charge in [-0.1, -0.05) is 37.0 Å². The van der Waals surface area contributed by atoms with Crippen molar-refractivity contribution in [3.05, 3.63) is 33.9 Å². The van der Waals surface area contributed by atoms with Crippen molar-refractivity contribution in [1.29, 1.82) is 0 Å². The minimum Gasteiger partial charge on any atom is -0.356 e. The van der Waals surface area contributed by atoms with Crippen LogP contribution in [0.25, 0.3) is 10.9 Å². The molecule has 0 radical (unpaired) electrons. The molecule has 1 aromatic carbocycles. The van der Waals surface area contributed by atoms with Gasteiger partial charge in [0.25, 0.3) is 5.91 Å². The van der Waals surface area contributed by atoms with Gasteiger partial charge in [0.2, 0.25) is 17.7 Å². The molecular weight excluding hydrogens is 497 g/mol. The zero-order chi connectivity index (χ0) is 25.7. The summed E-state index contributed by atoms with van der Waals surface area (Å²) in [5, 5.41) is 11.8. The number of nitrogens with one attached hydrogen (secondary N) is 5. The van der Waals surface area contributed by atoms with Crippen LogP contribution in [0, 0.1) is 11.8 Å². The highest BCUT2D eigenvalue weighted by Crippen LogP contribution is 2.28. The molecule has 1 saturated heterocycles. The Balaban J connectivity index is 1.56. The molecule has 1 aliphatic heterocycles. The van der Waals surface area contributed by atoms with E-state index in [0.29, 0.717) is 40.2 Å². The highest BCUT2D eigenvalue weighted by atomic mass is 35.5. The topological polar surface area (TPSA) is 149 Å². The summed E-state index contributed by atoms with van der Waals surface area (Å²) in [6.45, 7) is 3.66. The maximum Gasteiger partial charge on any atom is 0.268 e. The lowest BCUT2D eigenvalue weighted by Crippen LogP contribution is -2.52. The Bertz CT molecular complexity index is 1150.